The first-order valence-electron chi connectivity index (χ1n) is 16.2. The van der Waals surface area contributed by atoms with E-state index < -0.39 is 41.7 Å². The maximum absolute atomic E-state index is 14.6. The first kappa shape index (κ1) is 34.3. The number of hydrogen-bond acceptors (Lipinski definition) is 7. The number of esters is 1. The summed E-state index contributed by atoms with van der Waals surface area (Å²) in [6.45, 7) is 7.89. The van der Waals surface area contributed by atoms with Crippen molar-refractivity contribution >= 4 is 41.0 Å². The first-order chi connectivity index (χ1) is 22.7. The highest BCUT2D eigenvalue weighted by atomic mass is 35.5. The number of fused-ring (bicyclic) bond motifs is 1. The van der Waals surface area contributed by atoms with Gasteiger partial charge in [-0.2, -0.15) is 0 Å². The Balaban J connectivity index is 1.44. The molecule has 250 valence electrons. The number of carbonyl (C=O) groups is 4. The lowest BCUT2D eigenvalue weighted by Crippen LogP contribution is -2.56. The van der Waals surface area contributed by atoms with Crippen LogP contribution in [0.25, 0.3) is 0 Å². The van der Waals surface area contributed by atoms with Gasteiger partial charge in [-0.25, -0.2) is 0 Å². The molecular formula is C36H42ClN3O7. The summed E-state index contributed by atoms with van der Waals surface area (Å²) in [7, 11) is 0. The van der Waals surface area contributed by atoms with Crippen molar-refractivity contribution in [3.8, 4) is 0 Å². The van der Waals surface area contributed by atoms with E-state index in [0.29, 0.717) is 48.4 Å². The van der Waals surface area contributed by atoms with E-state index >= 15 is 0 Å². The van der Waals surface area contributed by atoms with Gasteiger partial charge in [0.25, 0.3) is 5.91 Å². The molecule has 2 bridgehead atoms. The molecular weight excluding hydrogens is 622 g/mol. The van der Waals surface area contributed by atoms with Gasteiger partial charge in [-0.1, -0.05) is 54.1 Å². The van der Waals surface area contributed by atoms with Gasteiger partial charge in [-0.05, 0) is 61.9 Å². The summed E-state index contributed by atoms with van der Waals surface area (Å²) in [5.41, 5.74) is 0.0590. The van der Waals surface area contributed by atoms with Gasteiger partial charge < -0.3 is 29.7 Å². The Bertz CT molecular complexity index is 1470. The number of nitrogens with one attached hydrogen (secondary N) is 1. The van der Waals surface area contributed by atoms with Crippen LogP contribution in [0, 0.1) is 11.8 Å². The second kappa shape index (κ2) is 15.3. The maximum Gasteiger partial charge on any atom is 0.313 e. The van der Waals surface area contributed by atoms with Gasteiger partial charge in [-0.15, -0.1) is 13.2 Å². The van der Waals surface area contributed by atoms with Crippen molar-refractivity contribution in [2.75, 3.05) is 31.1 Å². The van der Waals surface area contributed by atoms with Crippen LogP contribution in [0.15, 0.2) is 79.9 Å². The highest BCUT2D eigenvalue weighted by molar-refractivity contribution is 6.30. The number of likely N-dealkylation sites (tertiary alicyclic amines) is 1. The third-order valence-corrected chi connectivity index (χ3v) is 9.57. The SMILES string of the molecule is C=CCCC(=O)NC[C@@H](OC(=O)[C@@H]1[C@@H]2CC[C@]3(O2)[C@H](C(=O)N(CC=C)c2ccc(Cl)cc2)N(CCCCO)C(=O)[C@@H]13)c1ccccc1. The predicted molar refractivity (Wildman–Crippen MR) is 177 cm³/mol. The van der Waals surface area contributed by atoms with Crippen molar-refractivity contribution in [1.29, 1.82) is 0 Å². The zero-order valence-electron chi connectivity index (χ0n) is 26.4. The Morgan fingerprint density at radius 3 is 2.55 bits per heavy atom. The number of benzene rings is 2. The van der Waals surface area contributed by atoms with Gasteiger partial charge in [0.2, 0.25) is 11.8 Å². The average Bonchev–Trinajstić information content (AvgIpc) is 3.72. The van der Waals surface area contributed by atoms with Crippen LogP contribution in [0.4, 0.5) is 5.69 Å². The summed E-state index contributed by atoms with van der Waals surface area (Å²) in [6.07, 6.45) is 4.48. The number of hydrogen-bond donors (Lipinski definition) is 2. The normalized spacial score (nSPS) is 24.8. The molecule has 2 N–H and O–H groups in total. The van der Waals surface area contributed by atoms with Gasteiger partial charge in [0.05, 0.1) is 24.5 Å². The van der Waals surface area contributed by atoms with Crippen molar-refractivity contribution in [1.82, 2.24) is 10.2 Å². The van der Waals surface area contributed by atoms with Crippen LogP contribution in [0.2, 0.25) is 5.02 Å². The standard InChI is InChI=1S/C36H42ClN3O7/c1-3-5-13-29(42)38-23-28(24-11-7-6-8-12-24)46-35(45)30-27-18-19-36(47-27)31(30)33(43)40(21-9-10-22-41)32(36)34(44)39(20-4-2)26-16-14-25(37)15-17-26/h3-4,6-8,11-12,14-17,27-28,30-32,41H,1-2,5,9-10,13,18-23H2,(H,38,42)/t27-,28+,30+,31+,32-,36+/m0/s1. The summed E-state index contributed by atoms with van der Waals surface area (Å²) in [6, 6.07) is 15.0. The number of unbranched alkanes of at least 4 members (excludes halogenated alkanes) is 1. The molecule has 0 aromatic heterocycles. The number of amides is 3. The Morgan fingerprint density at radius 2 is 1.87 bits per heavy atom. The van der Waals surface area contributed by atoms with E-state index in [1.807, 2.05) is 30.3 Å². The van der Waals surface area contributed by atoms with Crippen molar-refractivity contribution in [3.05, 3.63) is 90.5 Å². The number of nitrogens with zero attached hydrogens (tertiary/aromatic N) is 2. The van der Waals surface area contributed by atoms with Crippen LogP contribution in [0.3, 0.4) is 0 Å². The molecule has 47 heavy (non-hydrogen) atoms. The molecule has 3 aliphatic rings. The molecule has 10 nitrogen and oxygen atoms in total. The third kappa shape index (κ3) is 7.00. The van der Waals surface area contributed by atoms with Gasteiger partial charge in [0.1, 0.15) is 17.7 Å². The summed E-state index contributed by atoms with van der Waals surface area (Å²) in [4.78, 5) is 58.5. The minimum atomic E-state index is -1.23. The zero-order valence-corrected chi connectivity index (χ0v) is 27.1. The largest absolute Gasteiger partial charge is 0.455 e. The summed E-state index contributed by atoms with van der Waals surface area (Å²) >= 11 is 6.13. The second-order valence-electron chi connectivity index (χ2n) is 12.2. The lowest BCUT2D eigenvalue weighted by molar-refractivity contribution is -0.160. The summed E-state index contributed by atoms with van der Waals surface area (Å²) < 4.78 is 12.7. The van der Waals surface area contributed by atoms with Crippen LogP contribution in [0.1, 0.15) is 50.2 Å². The Morgan fingerprint density at radius 1 is 1.13 bits per heavy atom. The Hall–Kier alpha value is -3.99. The van der Waals surface area contributed by atoms with Gasteiger partial charge in [0, 0.05) is 36.8 Å². The van der Waals surface area contributed by atoms with E-state index in [9.17, 15) is 24.3 Å². The van der Waals surface area contributed by atoms with Crippen LogP contribution in [0.5, 0.6) is 0 Å². The highest BCUT2D eigenvalue weighted by Crippen LogP contribution is 2.59. The average molecular weight is 664 g/mol. The maximum atomic E-state index is 14.6. The zero-order chi connectivity index (χ0) is 33.6. The highest BCUT2D eigenvalue weighted by Gasteiger charge is 2.75. The van der Waals surface area contributed by atoms with Crippen LogP contribution in [-0.4, -0.2) is 77.7 Å². The minimum Gasteiger partial charge on any atom is -0.455 e. The second-order valence-corrected chi connectivity index (χ2v) is 12.6. The topological polar surface area (TPSA) is 125 Å². The molecule has 6 atom stereocenters. The van der Waals surface area contributed by atoms with Gasteiger partial charge in [-0.3, -0.25) is 19.2 Å². The molecule has 3 aliphatic heterocycles. The quantitative estimate of drug-likeness (QED) is 0.155. The Kier molecular flexibility index (Phi) is 11.2. The number of allylic oxidation sites excluding steroid dienone is 1. The number of anilines is 1. The van der Waals surface area contributed by atoms with Crippen molar-refractivity contribution in [2.24, 2.45) is 11.8 Å². The fourth-order valence-electron chi connectivity index (χ4n) is 7.20. The van der Waals surface area contributed by atoms with Crippen LogP contribution >= 0.6 is 11.6 Å². The summed E-state index contributed by atoms with van der Waals surface area (Å²) in [5.74, 6) is -3.33. The molecule has 2 aromatic carbocycles. The lowest BCUT2D eigenvalue weighted by atomic mass is 9.70. The minimum absolute atomic E-state index is 0.0545. The van der Waals surface area contributed by atoms with Crippen molar-refractivity contribution in [3.63, 3.8) is 0 Å². The first-order valence-corrected chi connectivity index (χ1v) is 16.5. The summed E-state index contributed by atoms with van der Waals surface area (Å²) in [5, 5.41) is 12.8. The molecule has 0 saturated carbocycles. The number of ether oxygens (including phenoxy) is 2. The smallest absolute Gasteiger partial charge is 0.313 e. The molecule has 3 fully saturated rings. The van der Waals surface area contributed by atoms with E-state index in [2.05, 4.69) is 18.5 Å². The number of aliphatic hydroxyl groups is 1. The molecule has 2 aromatic rings. The van der Waals surface area contributed by atoms with Gasteiger partial charge in [0.15, 0.2) is 0 Å². The van der Waals surface area contributed by atoms with E-state index in [4.69, 9.17) is 21.1 Å². The molecule has 11 heteroatoms. The van der Waals surface area contributed by atoms with Crippen LogP contribution in [-0.2, 0) is 28.7 Å². The monoisotopic (exact) mass is 663 g/mol. The molecule has 0 radical (unpaired) electrons. The van der Waals surface area contributed by atoms with E-state index in [1.165, 1.54) is 4.90 Å². The van der Waals surface area contributed by atoms with Crippen LogP contribution < -0.4 is 10.2 Å². The van der Waals surface area contributed by atoms with E-state index in [-0.39, 0.29) is 50.4 Å². The number of aliphatic hydroxyl groups excluding tert-OH is 1. The predicted octanol–water partition coefficient (Wildman–Crippen LogP) is 4.37. The van der Waals surface area contributed by atoms with Crippen molar-refractivity contribution in [2.45, 2.75) is 62.4 Å². The van der Waals surface area contributed by atoms with E-state index in [1.54, 1.807) is 41.3 Å². The number of rotatable bonds is 16. The molecule has 0 unspecified atom stereocenters. The fraction of sp³-hybridized carbons (Fsp3) is 0.444. The molecule has 1 spiro atoms. The third-order valence-electron chi connectivity index (χ3n) is 9.32. The fourth-order valence-corrected chi connectivity index (χ4v) is 7.32. The lowest BCUT2D eigenvalue weighted by Gasteiger charge is -2.36. The molecule has 5 rings (SSSR count). The van der Waals surface area contributed by atoms with Crippen molar-refractivity contribution < 1.29 is 33.8 Å². The van der Waals surface area contributed by atoms with E-state index in [0.717, 1.165) is 0 Å². The van der Waals surface area contributed by atoms with Gasteiger partial charge >= 0.3 is 5.97 Å². The molecule has 0 aliphatic carbocycles. The number of carbonyl (C=O) groups excluding carboxylic acids is 4. The molecule has 3 saturated heterocycles. The Labute approximate surface area is 280 Å². The number of halogens is 1. The molecule has 3 heterocycles. The molecule has 3 amide bonds.